The van der Waals surface area contributed by atoms with E-state index in [4.69, 9.17) is 44.5 Å². The molecule has 0 saturated carbocycles. The number of imidazole rings is 1. The molecule has 39 heavy (non-hydrogen) atoms. The van der Waals surface area contributed by atoms with Crippen molar-refractivity contribution in [1.82, 2.24) is 14.5 Å². The zero-order chi connectivity index (χ0) is 28.1. The van der Waals surface area contributed by atoms with Gasteiger partial charge in [-0.2, -0.15) is 0 Å². The lowest BCUT2D eigenvalue weighted by atomic mass is 10.1. The molecule has 1 heterocycles. The van der Waals surface area contributed by atoms with Gasteiger partial charge in [0, 0.05) is 41.1 Å². The lowest BCUT2D eigenvalue weighted by Gasteiger charge is -2.22. The van der Waals surface area contributed by atoms with Crippen molar-refractivity contribution >= 4 is 52.6 Å². The number of aryl methyl sites for hydroxylation is 2. The number of nitrogens with zero attached hydrogens (tertiary/aromatic N) is 3. The third-order valence-corrected chi connectivity index (χ3v) is 7.01. The van der Waals surface area contributed by atoms with Gasteiger partial charge in [0.25, 0.3) is 5.91 Å². The van der Waals surface area contributed by atoms with Crippen molar-refractivity contribution in [3.8, 4) is 16.9 Å². The van der Waals surface area contributed by atoms with E-state index < -0.39 is 11.8 Å². The molecule has 0 aliphatic carbocycles. The van der Waals surface area contributed by atoms with Crippen molar-refractivity contribution in [1.29, 1.82) is 0 Å². The van der Waals surface area contributed by atoms with Crippen LogP contribution in [0, 0.1) is 13.8 Å². The number of hydrogen-bond donors (Lipinski definition) is 1. The number of benzene rings is 3. The summed E-state index contributed by atoms with van der Waals surface area (Å²) in [6, 6.07) is 17.9. The Hall–Kier alpha value is -3.36. The van der Waals surface area contributed by atoms with E-state index in [0.29, 0.717) is 21.7 Å². The first-order valence-corrected chi connectivity index (χ1v) is 13.3. The van der Waals surface area contributed by atoms with Crippen LogP contribution in [0.5, 0.6) is 0 Å². The maximum atomic E-state index is 13.3. The van der Waals surface area contributed by atoms with Gasteiger partial charge in [0.05, 0.1) is 22.9 Å². The summed E-state index contributed by atoms with van der Waals surface area (Å²) in [6.07, 6.45) is 1.85. The molecular formula is C29H27Cl3N4O3. The summed E-state index contributed by atoms with van der Waals surface area (Å²) in [4.78, 5) is 32.6. The van der Waals surface area contributed by atoms with Crippen molar-refractivity contribution in [2.45, 2.75) is 13.8 Å². The summed E-state index contributed by atoms with van der Waals surface area (Å²) in [7, 11) is 1.52. The SMILES string of the molecule is COCCN(CC(=O)Nc1nc(-c2ccc(Cl)cc2)cn1-c1ccc(C)c(C)c1)C(=O)c1ccc(Cl)cc1Cl. The summed E-state index contributed by atoms with van der Waals surface area (Å²) in [5, 5.41) is 4.10. The fraction of sp³-hybridized carbons (Fsp3) is 0.207. The number of halogens is 3. The zero-order valence-electron chi connectivity index (χ0n) is 21.7. The quantitative estimate of drug-likeness (QED) is 0.233. The monoisotopic (exact) mass is 584 g/mol. The maximum Gasteiger partial charge on any atom is 0.255 e. The average molecular weight is 586 g/mol. The maximum absolute atomic E-state index is 13.3. The Morgan fingerprint density at radius 1 is 0.949 bits per heavy atom. The number of methoxy groups -OCH3 is 1. The fourth-order valence-corrected chi connectivity index (χ4v) is 4.54. The lowest BCUT2D eigenvalue weighted by molar-refractivity contribution is -0.117. The first-order valence-electron chi connectivity index (χ1n) is 12.1. The van der Waals surface area contributed by atoms with Crippen LogP contribution in [0.1, 0.15) is 21.5 Å². The minimum absolute atomic E-state index is 0.184. The van der Waals surface area contributed by atoms with Crippen molar-refractivity contribution < 1.29 is 14.3 Å². The van der Waals surface area contributed by atoms with Gasteiger partial charge in [0.1, 0.15) is 6.54 Å². The first kappa shape index (κ1) is 28.6. The molecule has 3 aromatic carbocycles. The van der Waals surface area contributed by atoms with Crippen LogP contribution < -0.4 is 5.32 Å². The molecule has 0 aliphatic heterocycles. The van der Waals surface area contributed by atoms with E-state index in [1.54, 1.807) is 18.2 Å². The topological polar surface area (TPSA) is 76.5 Å². The molecule has 7 nitrogen and oxygen atoms in total. The zero-order valence-corrected chi connectivity index (χ0v) is 23.9. The number of ether oxygens (including phenoxy) is 1. The van der Waals surface area contributed by atoms with E-state index >= 15 is 0 Å². The molecule has 0 aliphatic rings. The highest BCUT2D eigenvalue weighted by atomic mass is 35.5. The van der Waals surface area contributed by atoms with Gasteiger partial charge in [-0.15, -0.1) is 0 Å². The third-order valence-electron chi connectivity index (χ3n) is 6.21. The van der Waals surface area contributed by atoms with Gasteiger partial charge in [-0.25, -0.2) is 4.98 Å². The fourth-order valence-electron chi connectivity index (χ4n) is 3.93. The number of hydrogen-bond acceptors (Lipinski definition) is 4. The lowest BCUT2D eigenvalue weighted by Crippen LogP contribution is -2.40. The first-order chi connectivity index (χ1) is 18.7. The number of carbonyl (C=O) groups excluding carboxylic acids is 2. The molecular weight excluding hydrogens is 559 g/mol. The van der Waals surface area contributed by atoms with Crippen molar-refractivity contribution in [3.63, 3.8) is 0 Å². The second kappa shape index (κ2) is 12.7. The van der Waals surface area contributed by atoms with E-state index in [1.165, 1.54) is 24.1 Å². The molecule has 202 valence electrons. The third kappa shape index (κ3) is 6.99. The van der Waals surface area contributed by atoms with Crippen molar-refractivity contribution in [3.05, 3.63) is 98.6 Å². The van der Waals surface area contributed by atoms with E-state index in [9.17, 15) is 9.59 Å². The van der Waals surface area contributed by atoms with Gasteiger partial charge < -0.3 is 9.64 Å². The molecule has 1 N–H and O–H groups in total. The molecule has 0 fully saturated rings. The van der Waals surface area contributed by atoms with Crippen LogP contribution in [0.15, 0.2) is 66.9 Å². The summed E-state index contributed by atoms with van der Waals surface area (Å²) in [6.45, 7) is 4.24. The normalized spacial score (nSPS) is 10.9. The second-order valence-electron chi connectivity index (χ2n) is 8.99. The van der Waals surface area contributed by atoms with Crippen LogP contribution in [0.3, 0.4) is 0 Å². The van der Waals surface area contributed by atoms with Crippen LogP contribution in [0.25, 0.3) is 16.9 Å². The minimum atomic E-state index is -0.428. The van der Waals surface area contributed by atoms with Crippen molar-refractivity contribution in [2.75, 3.05) is 32.1 Å². The Labute approximate surface area is 242 Å². The van der Waals surface area contributed by atoms with E-state index in [2.05, 4.69) is 5.32 Å². The Morgan fingerprint density at radius 2 is 1.67 bits per heavy atom. The largest absolute Gasteiger partial charge is 0.383 e. The Morgan fingerprint density at radius 3 is 2.33 bits per heavy atom. The highest BCUT2D eigenvalue weighted by molar-refractivity contribution is 6.36. The van der Waals surface area contributed by atoms with Crippen LogP contribution in [0.4, 0.5) is 5.95 Å². The molecule has 0 saturated heterocycles. The molecule has 0 unspecified atom stereocenters. The molecule has 1 aromatic heterocycles. The summed E-state index contributed by atoms with van der Waals surface area (Å²) in [5.74, 6) is -0.525. The van der Waals surface area contributed by atoms with E-state index in [1.807, 2.05) is 54.9 Å². The van der Waals surface area contributed by atoms with Gasteiger partial charge in [0.2, 0.25) is 11.9 Å². The van der Waals surface area contributed by atoms with Crippen molar-refractivity contribution in [2.24, 2.45) is 0 Å². The Bertz CT molecular complexity index is 1500. The second-order valence-corrected chi connectivity index (χ2v) is 10.3. The Kier molecular flexibility index (Phi) is 9.30. The van der Waals surface area contributed by atoms with Gasteiger partial charge in [-0.1, -0.05) is 53.0 Å². The predicted octanol–water partition coefficient (Wildman–Crippen LogP) is 6.84. The van der Waals surface area contributed by atoms with Crippen LogP contribution in [-0.2, 0) is 9.53 Å². The van der Waals surface area contributed by atoms with E-state index in [0.717, 1.165) is 22.4 Å². The summed E-state index contributed by atoms with van der Waals surface area (Å²) < 4.78 is 6.97. The molecule has 0 spiro atoms. The van der Waals surface area contributed by atoms with Gasteiger partial charge in [0.15, 0.2) is 0 Å². The highest BCUT2D eigenvalue weighted by Crippen LogP contribution is 2.27. The molecule has 0 atom stereocenters. The summed E-state index contributed by atoms with van der Waals surface area (Å²) >= 11 is 18.3. The molecule has 0 bridgehead atoms. The molecule has 4 aromatic rings. The van der Waals surface area contributed by atoms with Gasteiger partial charge in [-0.05, 0) is 67.4 Å². The van der Waals surface area contributed by atoms with Gasteiger partial charge in [-0.3, -0.25) is 19.5 Å². The Balaban J connectivity index is 1.64. The number of anilines is 1. The average Bonchev–Trinajstić information content (AvgIpc) is 3.31. The van der Waals surface area contributed by atoms with Crippen LogP contribution in [0.2, 0.25) is 15.1 Å². The highest BCUT2D eigenvalue weighted by Gasteiger charge is 2.23. The number of nitrogens with one attached hydrogen (secondary N) is 1. The predicted molar refractivity (Wildman–Crippen MR) is 156 cm³/mol. The van der Waals surface area contributed by atoms with Gasteiger partial charge >= 0.3 is 0 Å². The minimum Gasteiger partial charge on any atom is -0.383 e. The standard InChI is InChI=1S/C29H27Cl3N4O3/c1-18-4-10-23(14-19(18)2)36-16-26(20-5-7-21(30)8-6-20)33-29(36)34-27(37)17-35(12-13-39-3)28(38)24-11-9-22(31)15-25(24)32/h4-11,14-16H,12-13,17H2,1-3H3,(H,33,34,37). The van der Waals surface area contributed by atoms with Crippen LogP contribution >= 0.6 is 34.8 Å². The smallest absolute Gasteiger partial charge is 0.255 e. The molecule has 10 heteroatoms. The molecule has 4 rings (SSSR count). The molecule has 2 amide bonds. The van der Waals surface area contributed by atoms with Crippen LogP contribution in [-0.4, -0.2) is 53.1 Å². The number of carbonyl (C=O) groups is 2. The number of rotatable bonds is 9. The van der Waals surface area contributed by atoms with E-state index in [-0.39, 0.29) is 30.3 Å². The summed E-state index contributed by atoms with van der Waals surface area (Å²) in [5.41, 5.74) is 4.82. The number of aromatic nitrogens is 2. The number of amides is 2. The molecule has 0 radical (unpaired) electrons.